The number of aryl methyl sites for hydroxylation is 1. The Labute approximate surface area is 114 Å². The molecule has 2 aromatic rings. The van der Waals surface area contributed by atoms with Gasteiger partial charge in [0.2, 0.25) is 0 Å². The van der Waals surface area contributed by atoms with Gasteiger partial charge in [0, 0.05) is 23.9 Å². The maximum atomic E-state index is 4.56. The normalized spacial score (nSPS) is 14.4. The van der Waals surface area contributed by atoms with Gasteiger partial charge in [0.1, 0.15) is 5.82 Å². The van der Waals surface area contributed by atoms with Crippen LogP contribution in [0.4, 0.5) is 5.82 Å². The fourth-order valence-corrected chi connectivity index (χ4v) is 2.29. The number of aromatic nitrogens is 2. The number of hydrogen-bond acceptors (Lipinski definition) is 3. The molecule has 3 nitrogen and oxygen atoms in total. The predicted octanol–water partition coefficient (Wildman–Crippen LogP) is 3.76. The first-order valence-electron chi connectivity index (χ1n) is 6.96. The largest absolute Gasteiger partial charge is 0.370 e. The number of hydrogen-bond donors (Lipinski definition) is 1. The van der Waals surface area contributed by atoms with Crippen LogP contribution in [0, 0.1) is 6.92 Å². The molecular weight excluding hydrogens is 234 g/mol. The minimum absolute atomic E-state index is 0.796. The Bertz CT molecular complexity index is 571. The molecule has 19 heavy (non-hydrogen) atoms. The zero-order chi connectivity index (χ0) is 13.2. The van der Waals surface area contributed by atoms with Crippen molar-refractivity contribution < 1.29 is 0 Å². The smallest absolute Gasteiger partial charge is 0.161 e. The molecule has 3 heteroatoms. The van der Waals surface area contributed by atoms with Crippen LogP contribution in [0.15, 0.2) is 30.3 Å². The molecule has 1 saturated carbocycles. The molecule has 0 aliphatic heterocycles. The number of nitrogens with one attached hydrogen (secondary N) is 1. The second kappa shape index (κ2) is 5.00. The second-order valence-electron chi connectivity index (χ2n) is 5.14. The van der Waals surface area contributed by atoms with Crippen molar-refractivity contribution in [3.63, 3.8) is 0 Å². The van der Waals surface area contributed by atoms with Crippen molar-refractivity contribution in [1.82, 2.24) is 9.97 Å². The number of nitrogens with zero attached hydrogens (tertiary/aromatic N) is 2. The molecule has 98 valence electrons. The fraction of sp³-hybridized carbons (Fsp3) is 0.375. The van der Waals surface area contributed by atoms with Crippen molar-refractivity contribution >= 4 is 5.82 Å². The van der Waals surface area contributed by atoms with Gasteiger partial charge in [-0.1, -0.05) is 24.3 Å². The summed E-state index contributed by atoms with van der Waals surface area (Å²) in [5.74, 6) is 2.50. The summed E-state index contributed by atoms with van der Waals surface area (Å²) in [6.45, 7) is 4.95. The van der Waals surface area contributed by atoms with E-state index < -0.39 is 0 Å². The standard InChI is InChI=1S/C16H19N3/c1-3-17-15-10-11(2)18-16(19-15)14-8-6-13(7-9-14)12-4-5-12/h6-10,12H,3-5H2,1-2H3,(H,17,18,19). The van der Waals surface area contributed by atoms with E-state index >= 15 is 0 Å². The first-order valence-corrected chi connectivity index (χ1v) is 6.96. The van der Waals surface area contributed by atoms with E-state index in [0.717, 1.165) is 35.4 Å². The molecule has 0 unspecified atom stereocenters. The van der Waals surface area contributed by atoms with Crippen LogP contribution in [-0.2, 0) is 0 Å². The number of rotatable bonds is 4. The summed E-state index contributed by atoms with van der Waals surface area (Å²) >= 11 is 0. The first-order chi connectivity index (χ1) is 9.26. The van der Waals surface area contributed by atoms with E-state index in [4.69, 9.17) is 0 Å². The zero-order valence-corrected chi connectivity index (χ0v) is 11.5. The summed E-state index contributed by atoms with van der Waals surface area (Å²) in [4.78, 5) is 9.09. The Hall–Kier alpha value is -1.90. The Morgan fingerprint density at radius 2 is 1.89 bits per heavy atom. The Morgan fingerprint density at radius 1 is 1.16 bits per heavy atom. The molecule has 1 heterocycles. The summed E-state index contributed by atoms with van der Waals surface area (Å²) in [5.41, 5.74) is 3.53. The molecule has 1 aromatic heterocycles. The van der Waals surface area contributed by atoms with Gasteiger partial charge >= 0.3 is 0 Å². The third-order valence-corrected chi connectivity index (χ3v) is 3.43. The molecule has 0 saturated heterocycles. The van der Waals surface area contributed by atoms with E-state index in [1.165, 1.54) is 18.4 Å². The van der Waals surface area contributed by atoms with Gasteiger partial charge in [-0.05, 0) is 38.2 Å². The van der Waals surface area contributed by atoms with E-state index in [0.29, 0.717) is 0 Å². The fourth-order valence-electron chi connectivity index (χ4n) is 2.29. The topological polar surface area (TPSA) is 37.8 Å². The van der Waals surface area contributed by atoms with E-state index in [1.54, 1.807) is 0 Å². The van der Waals surface area contributed by atoms with Crippen LogP contribution in [0.2, 0.25) is 0 Å². The third-order valence-electron chi connectivity index (χ3n) is 3.43. The molecule has 0 bridgehead atoms. The minimum Gasteiger partial charge on any atom is -0.370 e. The Kier molecular flexibility index (Phi) is 3.20. The number of benzene rings is 1. The molecule has 0 amide bonds. The van der Waals surface area contributed by atoms with Crippen LogP contribution in [0.3, 0.4) is 0 Å². The van der Waals surface area contributed by atoms with Crippen molar-refractivity contribution in [2.24, 2.45) is 0 Å². The summed E-state index contributed by atoms with van der Waals surface area (Å²) in [6.07, 6.45) is 2.68. The quantitative estimate of drug-likeness (QED) is 0.901. The van der Waals surface area contributed by atoms with Gasteiger partial charge in [0.15, 0.2) is 5.82 Å². The average Bonchev–Trinajstić information content (AvgIpc) is 3.23. The summed E-state index contributed by atoms with van der Waals surface area (Å²) < 4.78 is 0. The highest BCUT2D eigenvalue weighted by molar-refractivity contribution is 5.58. The van der Waals surface area contributed by atoms with Crippen molar-refractivity contribution in [3.8, 4) is 11.4 Å². The number of anilines is 1. The van der Waals surface area contributed by atoms with E-state index in [-0.39, 0.29) is 0 Å². The Balaban J connectivity index is 1.91. The van der Waals surface area contributed by atoms with Gasteiger partial charge in [-0.15, -0.1) is 0 Å². The van der Waals surface area contributed by atoms with E-state index in [2.05, 4.69) is 46.5 Å². The summed E-state index contributed by atoms with van der Waals surface area (Å²) in [6, 6.07) is 10.7. The molecular formula is C16H19N3. The molecule has 3 rings (SSSR count). The molecule has 0 radical (unpaired) electrons. The molecule has 1 fully saturated rings. The van der Waals surface area contributed by atoms with Crippen molar-refractivity contribution in [2.75, 3.05) is 11.9 Å². The second-order valence-corrected chi connectivity index (χ2v) is 5.14. The monoisotopic (exact) mass is 253 g/mol. The van der Waals surface area contributed by atoms with Gasteiger partial charge in [-0.3, -0.25) is 0 Å². The van der Waals surface area contributed by atoms with E-state index in [1.807, 2.05) is 13.0 Å². The van der Waals surface area contributed by atoms with Gasteiger partial charge in [0.05, 0.1) is 0 Å². The van der Waals surface area contributed by atoms with Gasteiger partial charge in [0.25, 0.3) is 0 Å². The van der Waals surface area contributed by atoms with Gasteiger partial charge < -0.3 is 5.32 Å². The van der Waals surface area contributed by atoms with Gasteiger partial charge in [-0.25, -0.2) is 9.97 Å². The predicted molar refractivity (Wildman–Crippen MR) is 78.3 cm³/mol. The van der Waals surface area contributed by atoms with Crippen LogP contribution in [0.1, 0.15) is 36.9 Å². The third kappa shape index (κ3) is 2.75. The van der Waals surface area contributed by atoms with Crippen LogP contribution in [0.25, 0.3) is 11.4 Å². The Morgan fingerprint density at radius 3 is 2.53 bits per heavy atom. The highest BCUT2D eigenvalue weighted by Crippen LogP contribution is 2.40. The molecule has 1 aliphatic rings. The highest BCUT2D eigenvalue weighted by Gasteiger charge is 2.23. The molecule has 1 N–H and O–H groups in total. The van der Waals surface area contributed by atoms with Crippen LogP contribution < -0.4 is 5.32 Å². The van der Waals surface area contributed by atoms with Crippen LogP contribution in [-0.4, -0.2) is 16.5 Å². The van der Waals surface area contributed by atoms with Crippen LogP contribution >= 0.6 is 0 Å². The van der Waals surface area contributed by atoms with Gasteiger partial charge in [-0.2, -0.15) is 0 Å². The SMILES string of the molecule is CCNc1cc(C)nc(-c2ccc(C3CC3)cc2)n1. The van der Waals surface area contributed by atoms with E-state index in [9.17, 15) is 0 Å². The lowest BCUT2D eigenvalue weighted by atomic mass is 10.1. The lowest BCUT2D eigenvalue weighted by Crippen LogP contribution is -2.02. The lowest BCUT2D eigenvalue weighted by Gasteiger charge is -2.07. The molecule has 0 atom stereocenters. The first kappa shape index (κ1) is 12.2. The maximum Gasteiger partial charge on any atom is 0.161 e. The molecule has 0 spiro atoms. The minimum atomic E-state index is 0.796. The highest BCUT2D eigenvalue weighted by atomic mass is 15.0. The summed E-state index contributed by atoms with van der Waals surface area (Å²) in [7, 11) is 0. The molecule has 1 aliphatic carbocycles. The van der Waals surface area contributed by atoms with Crippen molar-refractivity contribution in [2.45, 2.75) is 32.6 Å². The maximum absolute atomic E-state index is 4.56. The summed E-state index contributed by atoms with van der Waals surface area (Å²) in [5, 5.41) is 3.25. The zero-order valence-electron chi connectivity index (χ0n) is 11.5. The molecule has 1 aromatic carbocycles. The average molecular weight is 253 g/mol. The van der Waals surface area contributed by atoms with Crippen LogP contribution in [0.5, 0.6) is 0 Å². The van der Waals surface area contributed by atoms with Crippen molar-refractivity contribution in [1.29, 1.82) is 0 Å². The lowest BCUT2D eigenvalue weighted by molar-refractivity contribution is 1.08. The van der Waals surface area contributed by atoms with Crippen molar-refractivity contribution in [3.05, 3.63) is 41.6 Å².